The van der Waals surface area contributed by atoms with Gasteiger partial charge in [0.15, 0.2) is 5.82 Å². The fraction of sp³-hybridized carbons (Fsp3) is 0.529. The Hall–Kier alpha value is -1.84. The molecule has 2 unspecified atom stereocenters. The van der Waals surface area contributed by atoms with E-state index in [0.29, 0.717) is 6.04 Å². The first-order valence-corrected chi connectivity index (χ1v) is 7.89. The molecule has 0 radical (unpaired) electrons. The van der Waals surface area contributed by atoms with Crippen LogP contribution >= 0.6 is 0 Å². The smallest absolute Gasteiger partial charge is 0.181 e. The van der Waals surface area contributed by atoms with Crippen LogP contribution in [0.2, 0.25) is 0 Å². The van der Waals surface area contributed by atoms with Crippen LogP contribution in [-0.4, -0.2) is 21.2 Å². The van der Waals surface area contributed by atoms with Gasteiger partial charge in [-0.2, -0.15) is 5.10 Å². The minimum Gasteiger partial charge on any atom is -0.382 e. The Bertz CT molecular complexity index is 594. The minimum absolute atomic E-state index is 0.558. The van der Waals surface area contributed by atoms with Crippen molar-refractivity contribution in [3.8, 4) is 11.4 Å². The van der Waals surface area contributed by atoms with Crippen molar-refractivity contribution >= 4 is 5.69 Å². The summed E-state index contributed by atoms with van der Waals surface area (Å²) in [6.45, 7) is 6.63. The molecule has 2 atom stereocenters. The highest BCUT2D eigenvalue weighted by atomic mass is 15.2. The zero-order valence-corrected chi connectivity index (χ0v) is 13.1. The molecular formula is C17H24N4. The lowest BCUT2D eigenvalue weighted by atomic mass is 9.78. The quantitative estimate of drug-likeness (QED) is 0.895. The van der Waals surface area contributed by atoms with Gasteiger partial charge < -0.3 is 5.32 Å². The van der Waals surface area contributed by atoms with E-state index >= 15 is 0 Å². The summed E-state index contributed by atoms with van der Waals surface area (Å²) in [6, 6.07) is 8.97. The number of aromatic nitrogens is 3. The van der Waals surface area contributed by atoms with Gasteiger partial charge in [0.25, 0.3) is 0 Å². The zero-order chi connectivity index (χ0) is 14.8. The highest BCUT2D eigenvalue weighted by Gasteiger charge is 2.27. The highest BCUT2D eigenvalue weighted by molar-refractivity contribution is 5.62. The molecule has 2 aromatic rings. The fourth-order valence-corrected chi connectivity index (χ4v) is 3.38. The molecule has 3 rings (SSSR count). The average molecular weight is 284 g/mol. The molecule has 0 amide bonds. The van der Waals surface area contributed by atoms with Crippen LogP contribution in [0.1, 0.15) is 38.9 Å². The molecule has 2 N–H and O–H groups in total. The Morgan fingerprint density at radius 2 is 1.95 bits per heavy atom. The van der Waals surface area contributed by atoms with Crippen molar-refractivity contribution in [1.29, 1.82) is 0 Å². The third kappa shape index (κ3) is 3.09. The number of aryl methyl sites for hydroxylation is 1. The van der Waals surface area contributed by atoms with E-state index in [0.717, 1.165) is 29.0 Å². The number of hydrogen-bond acceptors (Lipinski definition) is 3. The summed E-state index contributed by atoms with van der Waals surface area (Å²) < 4.78 is 0. The Labute approximate surface area is 126 Å². The number of benzene rings is 1. The number of H-pyrrole nitrogens is 1. The maximum Gasteiger partial charge on any atom is 0.181 e. The lowest BCUT2D eigenvalue weighted by Gasteiger charge is -2.36. The van der Waals surface area contributed by atoms with Crippen molar-refractivity contribution in [3.63, 3.8) is 0 Å². The average Bonchev–Trinajstić information content (AvgIpc) is 2.90. The summed E-state index contributed by atoms with van der Waals surface area (Å²) in [4.78, 5) is 4.40. The number of nitrogens with one attached hydrogen (secondary N) is 2. The van der Waals surface area contributed by atoms with E-state index in [1.807, 2.05) is 6.92 Å². The number of rotatable bonds is 3. The molecule has 4 nitrogen and oxygen atoms in total. The second-order valence-corrected chi connectivity index (χ2v) is 6.38. The van der Waals surface area contributed by atoms with Crippen molar-refractivity contribution in [3.05, 3.63) is 30.1 Å². The van der Waals surface area contributed by atoms with E-state index in [4.69, 9.17) is 0 Å². The molecule has 0 spiro atoms. The molecule has 4 heteroatoms. The number of hydrogen-bond donors (Lipinski definition) is 2. The topological polar surface area (TPSA) is 53.6 Å². The highest BCUT2D eigenvalue weighted by Crippen LogP contribution is 2.32. The van der Waals surface area contributed by atoms with Crippen LogP contribution in [0, 0.1) is 18.8 Å². The molecule has 112 valence electrons. The number of aromatic amines is 1. The molecule has 1 fully saturated rings. The fourth-order valence-electron chi connectivity index (χ4n) is 3.38. The molecule has 21 heavy (non-hydrogen) atoms. The van der Waals surface area contributed by atoms with Gasteiger partial charge in [-0.1, -0.05) is 32.4 Å². The van der Waals surface area contributed by atoms with Gasteiger partial charge >= 0.3 is 0 Å². The van der Waals surface area contributed by atoms with Crippen molar-refractivity contribution in [2.24, 2.45) is 11.8 Å². The largest absolute Gasteiger partial charge is 0.382 e. The molecule has 1 aliphatic rings. The van der Waals surface area contributed by atoms with Gasteiger partial charge in [0, 0.05) is 17.3 Å². The predicted molar refractivity (Wildman–Crippen MR) is 86.1 cm³/mol. The molecule has 0 bridgehead atoms. The van der Waals surface area contributed by atoms with Crippen LogP contribution < -0.4 is 5.32 Å². The van der Waals surface area contributed by atoms with Crippen LogP contribution in [0.5, 0.6) is 0 Å². The number of nitrogens with zero attached hydrogens (tertiary/aromatic N) is 2. The molecular weight excluding hydrogens is 260 g/mol. The first-order chi connectivity index (χ1) is 10.1. The Morgan fingerprint density at radius 1 is 1.19 bits per heavy atom. The second-order valence-electron chi connectivity index (χ2n) is 6.38. The van der Waals surface area contributed by atoms with E-state index in [1.54, 1.807) is 0 Å². The van der Waals surface area contributed by atoms with Gasteiger partial charge in [-0.15, -0.1) is 0 Å². The van der Waals surface area contributed by atoms with Gasteiger partial charge in [0.1, 0.15) is 5.82 Å². The van der Waals surface area contributed by atoms with Gasteiger partial charge in [-0.05, 0) is 43.7 Å². The van der Waals surface area contributed by atoms with Gasteiger partial charge in [-0.25, -0.2) is 4.98 Å². The maximum absolute atomic E-state index is 4.40. The van der Waals surface area contributed by atoms with Crippen LogP contribution in [0.3, 0.4) is 0 Å². The SMILES string of the molecule is Cc1nc(-c2cccc(NC3C(C)CCCC3C)c2)n[nH]1. The lowest BCUT2D eigenvalue weighted by molar-refractivity contribution is 0.268. The van der Waals surface area contributed by atoms with Gasteiger partial charge in [0.2, 0.25) is 0 Å². The summed E-state index contributed by atoms with van der Waals surface area (Å²) in [5, 5.41) is 10.9. The molecule has 0 aliphatic heterocycles. The first kappa shape index (κ1) is 14.1. The van der Waals surface area contributed by atoms with Crippen LogP contribution in [0.25, 0.3) is 11.4 Å². The number of anilines is 1. The normalized spacial score (nSPS) is 25.8. The van der Waals surface area contributed by atoms with E-state index in [9.17, 15) is 0 Å². The van der Waals surface area contributed by atoms with E-state index < -0.39 is 0 Å². The van der Waals surface area contributed by atoms with Crippen molar-refractivity contribution in [1.82, 2.24) is 15.2 Å². The third-order valence-corrected chi connectivity index (χ3v) is 4.60. The summed E-state index contributed by atoms with van der Waals surface area (Å²) in [5.74, 6) is 3.06. The van der Waals surface area contributed by atoms with Crippen LogP contribution in [0.15, 0.2) is 24.3 Å². The van der Waals surface area contributed by atoms with Crippen molar-refractivity contribution < 1.29 is 0 Å². The maximum atomic E-state index is 4.40. The predicted octanol–water partition coefficient (Wildman–Crippen LogP) is 4.02. The molecule has 1 aliphatic carbocycles. The molecule has 1 saturated carbocycles. The lowest BCUT2D eigenvalue weighted by Crippen LogP contribution is -2.37. The Balaban J connectivity index is 1.80. The Morgan fingerprint density at radius 3 is 2.62 bits per heavy atom. The molecule has 1 heterocycles. The zero-order valence-electron chi connectivity index (χ0n) is 13.1. The first-order valence-electron chi connectivity index (χ1n) is 7.89. The van der Waals surface area contributed by atoms with E-state index in [1.165, 1.54) is 24.9 Å². The molecule has 0 saturated heterocycles. The summed E-state index contributed by atoms with van der Waals surface area (Å²) in [7, 11) is 0. The van der Waals surface area contributed by atoms with Crippen molar-refractivity contribution in [2.75, 3.05) is 5.32 Å². The van der Waals surface area contributed by atoms with Gasteiger partial charge in [0.05, 0.1) is 0 Å². The standard InChI is InChI=1S/C17H24N4/c1-11-6-4-7-12(2)16(11)19-15-9-5-8-14(10-15)17-18-13(3)20-21-17/h5,8-12,16,19H,4,6-7H2,1-3H3,(H,18,20,21). The minimum atomic E-state index is 0.558. The Kier molecular flexibility index (Phi) is 3.95. The van der Waals surface area contributed by atoms with E-state index in [2.05, 4.69) is 58.6 Å². The van der Waals surface area contributed by atoms with Crippen LogP contribution in [0.4, 0.5) is 5.69 Å². The summed E-state index contributed by atoms with van der Waals surface area (Å²) in [6.07, 6.45) is 4.00. The summed E-state index contributed by atoms with van der Waals surface area (Å²) in [5.41, 5.74) is 2.22. The molecule has 1 aromatic heterocycles. The van der Waals surface area contributed by atoms with Gasteiger partial charge in [-0.3, -0.25) is 5.10 Å². The van der Waals surface area contributed by atoms with E-state index in [-0.39, 0.29) is 0 Å². The summed E-state index contributed by atoms with van der Waals surface area (Å²) >= 11 is 0. The second kappa shape index (κ2) is 5.88. The third-order valence-electron chi connectivity index (χ3n) is 4.60. The van der Waals surface area contributed by atoms with Crippen LogP contribution in [-0.2, 0) is 0 Å². The van der Waals surface area contributed by atoms with Crippen molar-refractivity contribution in [2.45, 2.75) is 46.1 Å². The monoisotopic (exact) mass is 284 g/mol. The molecule has 1 aromatic carbocycles.